The van der Waals surface area contributed by atoms with Crippen molar-refractivity contribution in [3.63, 3.8) is 0 Å². The summed E-state index contributed by atoms with van der Waals surface area (Å²) in [6, 6.07) is 11.7. The molecule has 0 spiro atoms. The zero-order valence-electron chi connectivity index (χ0n) is 12.1. The molecule has 0 atom stereocenters. The molecule has 110 valence electrons. The number of benzene rings is 2. The molecular formula is C17H17FO3. The van der Waals surface area contributed by atoms with Gasteiger partial charge < -0.3 is 9.47 Å². The van der Waals surface area contributed by atoms with Crippen LogP contribution in [-0.2, 0) is 0 Å². The second-order valence-electron chi connectivity index (χ2n) is 4.66. The highest BCUT2D eigenvalue weighted by atomic mass is 19.1. The fourth-order valence-corrected chi connectivity index (χ4v) is 1.90. The van der Waals surface area contributed by atoms with Gasteiger partial charge in [-0.2, -0.15) is 0 Å². The molecule has 0 saturated heterocycles. The van der Waals surface area contributed by atoms with Gasteiger partial charge in [-0.25, -0.2) is 4.39 Å². The van der Waals surface area contributed by atoms with E-state index in [2.05, 4.69) is 0 Å². The van der Waals surface area contributed by atoms with E-state index in [0.29, 0.717) is 35.8 Å². The van der Waals surface area contributed by atoms with Gasteiger partial charge in [-0.1, -0.05) is 12.1 Å². The number of carbonyl (C=O) groups excluding carboxylic acids is 1. The Balaban J connectivity index is 1.87. The summed E-state index contributed by atoms with van der Waals surface area (Å²) in [4.78, 5) is 11.4. The Morgan fingerprint density at radius 3 is 2.52 bits per heavy atom. The Morgan fingerprint density at radius 1 is 1.10 bits per heavy atom. The molecule has 0 fully saturated rings. The number of para-hydroxylation sites is 1. The van der Waals surface area contributed by atoms with E-state index >= 15 is 0 Å². The van der Waals surface area contributed by atoms with E-state index in [1.807, 2.05) is 6.07 Å². The van der Waals surface area contributed by atoms with Crippen molar-refractivity contribution in [2.45, 2.75) is 13.8 Å². The molecule has 0 saturated carbocycles. The van der Waals surface area contributed by atoms with E-state index in [1.165, 1.54) is 13.0 Å². The van der Waals surface area contributed by atoms with Crippen LogP contribution in [0.2, 0.25) is 0 Å². The molecular weight excluding hydrogens is 271 g/mol. The van der Waals surface area contributed by atoms with Gasteiger partial charge in [0, 0.05) is 0 Å². The van der Waals surface area contributed by atoms with Crippen LogP contribution in [0.4, 0.5) is 4.39 Å². The Labute approximate surface area is 123 Å². The predicted molar refractivity (Wildman–Crippen MR) is 78.6 cm³/mol. The lowest BCUT2D eigenvalue weighted by Gasteiger charge is -2.11. The highest BCUT2D eigenvalue weighted by Gasteiger charge is 2.07. The molecule has 2 rings (SSSR count). The molecule has 4 heteroatoms. The second kappa shape index (κ2) is 6.88. The molecule has 0 bridgehead atoms. The number of halogens is 1. The van der Waals surface area contributed by atoms with E-state index in [4.69, 9.17) is 9.47 Å². The van der Waals surface area contributed by atoms with Crippen molar-refractivity contribution in [1.82, 2.24) is 0 Å². The van der Waals surface area contributed by atoms with Gasteiger partial charge in [-0.15, -0.1) is 0 Å². The lowest BCUT2D eigenvalue weighted by molar-refractivity contribution is 0.101. The van der Waals surface area contributed by atoms with Crippen molar-refractivity contribution < 1.29 is 18.7 Å². The maximum atomic E-state index is 13.1. The molecule has 0 aliphatic heterocycles. The normalized spacial score (nSPS) is 10.2. The Kier molecular flexibility index (Phi) is 4.93. The summed E-state index contributed by atoms with van der Waals surface area (Å²) < 4.78 is 24.2. The first-order valence-electron chi connectivity index (χ1n) is 6.69. The van der Waals surface area contributed by atoms with Gasteiger partial charge in [0.1, 0.15) is 30.5 Å². The third kappa shape index (κ3) is 4.05. The first-order valence-corrected chi connectivity index (χ1v) is 6.69. The fourth-order valence-electron chi connectivity index (χ4n) is 1.90. The minimum absolute atomic E-state index is 0.0410. The third-order valence-electron chi connectivity index (χ3n) is 3.01. The number of hydrogen-bond acceptors (Lipinski definition) is 3. The summed E-state index contributed by atoms with van der Waals surface area (Å²) in [5, 5.41) is 0. The molecule has 3 nitrogen and oxygen atoms in total. The average Bonchev–Trinajstić information content (AvgIpc) is 2.47. The van der Waals surface area contributed by atoms with Crippen molar-refractivity contribution >= 4 is 5.78 Å². The fraction of sp³-hybridized carbons (Fsp3) is 0.235. The molecule has 0 aliphatic rings. The van der Waals surface area contributed by atoms with E-state index in [0.717, 1.165) is 0 Å². The SMILES string of the molecule is CC(=O)c1ccccc1OCCOc1ccc(F)c(C)c1. The smallest absolute Gasteiger partial charge is 0.163 e. The molecule has 0 aliphatic carbocycles. The van der Waals surface area contributed by atoms with Gasteiger partial charge in [-0.3, -0.25) is 4.79 Å². The molecule has 0 heterocycles. The van der Waals surface area contributed by atoms with Gasteiger partial charge in [0.25, 0.3) is 0 Å². The summed E-state index contributed by atoms with van der Waals surface area (Å²) >= 11 is 0. The van der Waals surface area contributed by atoms with E-state index in [9.17, 15) is 9.18 Å². The first kappa shape index (κ1) is 15.0. The number of hydrogen-bond donors (Lipinski definition) is 0. The van der Waals surface area contributed by atoms with Crippen LogP contribution < -0.4 is 9.47 Å². The third-order valence-corrected chi connectivity index (χ3v) is 3.01. The number of ether oxygens (including phenoxy) is 2. The Hall–Kier alpha value is -2.36. The quantitative estimate of drug-likeness (QED) is 0.599. The van der Waals surface area contributed by atoms with Crippen molar-refractivity contribution in [1.29, 1.82) is 0 Å². The number of ketones is 1. The topological polar surface area (TPSA) is 35.5 Å². The standard InChI is InChI=1S/C17H17FO3/c1-12-11-14(7-8-16(12)18)20-9-10-21-17-6-4-3-5-15(17)13(2)19/h3-8,11H,9-10H2,1-2H3. The lowest BCUT2D eigenvalue weighted by atomic mass is 10.1. The molecule has 0 aromatic heterocycles. The van der Waals surface area contributed by atoms with Gasteiger partial charge in [0.15, 0.2) is 5.78 Å². The van der Waals surface area contributed by atoms with Gasteiger partial charge in [0.05, 0.1) is 5.56 Å². The summed E-state index contributed by atoms with van der Waals surface area (Å²) in [5.74, 6) is 0.843. The number of rotatable bonds is 6. The lowest BCUT2D eigenvalue weighted by Crippen LogP contribution is -2.10. The molecule has 2 aromatic rings. The molecule has 0 amide bonds. The average molecular weight is 288 g/mol. The van der Waals surface area contributed by atoms with Crippen LogP contribution in [0.5, 0.6) is 11.5 Å². The van der Waals surface area contributed by atoms with Crippen LogP contribution in [-0.4, -0.2) is 19.0 Å². The van der Waals surface area contributed by atoms with Crippen LogP contribution in [0.1, 0.15) is 22.8 Å². The molecule has 0 radical (unpaired) electrons. The van der Waals surface area contributed by atoms with Crippen LogP contribution in [0, 0.1) is 12.7 Å². The van der Waals surface area contributed by atoms with E-state index < -0.39 is 0 Å². The molecule has 0 N–H and O–H groups in total. The van der Waals surface area contributed by atoms with Crippen LogP contribution >= 0.6 is 0 Å². The minimum atomic E-state index is -0.256. The van der Waals surface area contributed by atoms with Crippen molar-refractivity contribution in [2.75, 3.05) is 13.2 Å². The van der Waals surface area contributed by atoms with E-state index in [1.54, 1.807) is 37.3 Å². The van der Waals surface area contributed by atoms with E-state index in [-0.39, 0.29) is 11.6 Å². The van der Waals surface area contributed by atoms with Crippen LogP contribution in [0.3, 0.4) is 0 Å². The van der Waals surface area contributed by atoms with Crippen molar-refractivity contribution in [3.05, 3.63) is 59.4 Å². The predicted octanol–water partition coefficient (Wildman–Crippen LogP) is 3.79. The highest BCUT2D eigenvalue weighted by molar-refractivity contribution is 5.96. The largest absolute Gasteiger partial charge is 0.490 e. The summed E-state index contributed by atoms with van der Waals surface area (Å²) in [7, 11) is 0. The second-order valence-corrected chi connectivity index (χ2v) is 4.66. The summed E-state index contributed by atoms with van der Waals surface area (Å²) in [5.41, 5.74) is 1.09. The number of carbonyl (C=O) groups is 1. The molecule has 0 unspecified atom stereocenters. The zero-order chi connectivity index (χ0) is 15.2. The maximum Gasteiger partial charge on any atom is 0.163 e. The summed E-state index contributed by atoms with van der Waals surface area (Å²) in [6.45, 7) is 3.81. The van der Waals surface area contributed by atoms with Crippen LogP contribution in [0.25, 0.3) is 0 Å². The van der Waals surface area contributed by atoms with Crippen molar-refractivity contribution in [3.8, 4) is 11.5 Å². The Morgan fingerprint density at radius 2 is 1.81 bits per heavy atom. The first-order chi connectivity index (χ1) is 10.1. The Bertz CT molecular complexity index is 638. The summed E-state index contributed by atoms with van der Waals surface area (Å²) in [6.07, 6.45) is 0. The zero-order valence-corrected chi connectivity index (χ0v) is 12.1. The van der Waals surface area contributed by atoms with Gasteiger partial charge in [0.2, 0.25) is 0 Å². The monoisotopic (exact) mass is 288 g/mol. The van der Waals surface area contributed by atoms with Gasteiger partial charge in [-0.05, 0) is 49.7 Å². The maximum absolute atomic E-state index is 13.1. The van der Waals surface area contributed by atoms with Crippen molar-refractivity contribution in [2.24, 2.45) is 0 Å². The minimum Gasteiger partial charge on any atom is -0.490 e. The molecule has 2 aromatic carbocycles. The highest BCUT2D eigenvalue weighted by Crippen LogP contribution is 2.19. The van der Waals surface area contributed by atoms with Gasteiger partial charge >= 0.3 is 0 Å². The number of aryl methyl sites for hydroxylation is 1. The number of Topliss-reactive ketones (excluding diaryl/α,β-unsaturated/α-hetero) is 1. The van der Waals surface area contributed by atoms with Crippen LogP contribution in [0.15, 0.2) is 42.5 Å². The molecule has 21 heavy (non-hydrogen) atoms.